The van der Waals surface area contributed by atoms with Gasteiger partial charge in [0, 0.05) is 17.7 Å². The van der Waals surface area contributed by atoms with Crippen LogP contribution in [0, 0.1) is 11.7 Å². The van der Waals surface area contributed by atoms with Crippen molar-refractivity contribution in [2.24, 2.45) is 5.92 Å². The van der Waals surface area contributed by atoms with Crippen molar-refractivity contribution < 1.29 is 13.9 Å². The molecule has 2 atom stereocenters. The Bertz CT molecular complexity index is 1050. The standard InChI is InChI=1S/C23H25FN2O3/c1-28-22-7-5-17(24)12-20(22)19-11-16(19)14-25-9-2-10-29-18-6-3-15-4-8-23(27)26-21(15)13-18/h3-8,12-13,16,19,25H,2,9-11,14H2,1H3,(H,26,27)/t16-,19+/m1/s1. The second-order valence-corrected chi connectivity index (χ2v) is 7.47. The number of rotatable bonds is 9. The predicted molar refractivity (Wildman–Crippen MR) is 111 cm³/mol. The van der Waals surface area contributed by atoms with Gasteiger partial charge in [0.1, 0.15) is 17.3 Å². The molecule has 2 aromatic carbocycles. The van der Waals surface area contributed by atoms with Crippen LogP contribution in [-0.4, -0.2) is 31.8 Å². The van der Waals surface area contributed by atoms with Crippen molar-refractivity contribution in [1.82, 2.24) is 10.3 Å². The van der Waals surface area contributed by atoms with Crippen LogP contribution < -0.4 is 20.3 Å². The molecule has 1 aliphatic carbocycles. The van der Waals surface area contributed by atoms with Crippen LogP contribution in [0.15, 0.2) is 53.3 Å². The number of hydrogen-bond donors (Lipinski definition) is 2. The molecule has 0 spiro atoms. The topological polar surface area (TPSA) is 63.4 Å². The Labute approximate surface area is 168 Å². The van der Waals surface area contributed by atoms with Crippen LogP contribution in [-0.2, 0) is 0 Å². The molecule has 0 saturated heterocycles. The number of pyridine rings is 1. The van der Waals surface area contributed by atoms with Crippen molar-refractivity contribution >= 4 is 10.9 Å². The normalized spacial score (nSPS) is 18.0. The summed E-state index contributed by atoms with van der Waals surface area (Å²) in [5.41, 5.74) is 1.63. The lowest BCUT2D eigenvalue weighted by atomic mass is 10.1. The largest absolute Gasteiger partial charge is 0.496 e. The molecule has 0 aliphatic heterocycles. The first-order valence-electron chi connectivity index (χ1n) is 9.94. The van der Waals surface area contributed by atoms with E-state index in [4.69, 9.17) is 9.47 Å². The number of ether oxygens (including phenoxy) is 2. The van der Waals surface area contributed by atoms with Crippen molar-refractivity contribution in [3.8, 4) is 11.5 Å². The SMILES string of the molecule is COc1ccc(F)cc1[C@H]1C[C@@H]1CNCCCOc1ccc2ccc(=O)[nH]c2c1. The second kappa shape index (κ2) is 8.66. The minimum atomic E-state index is -0.214. The molecule has 1 saturated carbocycles. The highest BCUT2D eigenvalue weighted by atomic mass is 19.1. The third kappa shape index (κ3) is 4.77. The van der Waals surface area contributed by atoms with Gasteiger partial charge in [0.05, 0.1) is 19.2 Å². The smallest absolute Gasteiger partial charge is 0.248 e. The lowest BCUT2D eigenvalue weighted by molar-refractivity contribution is 0.308. The summed E-state index contributed by atoms with van der Waals surface area (Å²) < 4.78 is 24.7. The molecule has 0 bridgehead atoms. The first-order valence-corrected chi connectivity index (χ1v) is 9.94. The lowest BCUT2D eigenvalue weighted by Crippen LogP contribution is -2.20. The maximum atomic E-state index is 13.5. The molecule has 152 valence electrons. The van der Waals surface area contributed by atoms with E-state index in [0.717, 1.165) is 53.9 Å². The first-order chi connectivity index (χ1) is 14.1. The van der Waals surface area contributed by atoms with E-state index in [2.05, 4.69) is 10.3 Å². The lowest BCUT2D eigenvalue weighted by Gasteiger charge is -2.09. The molecule has 5 nitrogen and oxygen atoms in total. The summed E-state index contributed by atoms with van der Waals surface area (Å²) in [5.74, 6) is 2.19. The van der Waals surface area contributed by atoms with Crippen molar-refractivity contribution in [2.45, 2.75) is 18.8 Å². The molecule has 0 amide bonds. The Morgan fingerprint density at radius 2 is 2.03 bits per heavy atom. The number of aromatic amines is 1. The Morgan fingerprint density at radius 3 is 2.90 bits per heavy atom. The van der Waals surface area contributed by atoms with Gasteiger partial charge in [-0.1, -0.05) is 0 Å². The number of nitrogens with one attached hydrogen (secondary N) is 2. The summed E-state index contributed by atoms with van der Waals surface area (Å²) in [4.78, 5) is 14.2. The summed E-state index contributed by atoms with van der Waals surface area (Å²) in [7, 11) is 1.62. The number of fused-ring (bicyclic) bond motifs is 1. The van der Waals surface area contributed by atoms with E-state index in [1.54, 1.807) is 25.3 Å². The number of halogens is 1. The zero-order valence-electron chi connectivity index (χ0n) is 16.4. The van der Waals surface area contributed by atoms with Crippen LogP contribution in [0.4, 0.5) is 4.39 Å². The Morgan fingerprint density at radius 1 is 1.17 bits per heavy atom. The van der Waals surface area contributed by atoms with Gasteiger partial charge in [-0.25, -0.2) is 4.39 Å². The molecule has 1 heterocycles. The Balaban J connectivity index is 1.18. The minimum absolute atomic E-state index is 0.118. The summed E-state index contributed by atoms with van der Waals surface area (Å²) in [6.07, 6.45) is 1.93. The highest BCUT2D eigenvalue weighted by Crippen LogP contribution is 2.50. The van der Waals surface area contributed by atoms with E-state index in [1.165, 1.54) is 12.1 Å². The summed E-state index contributed by atoms with van der Waals surface area (Å²) in [5, 5.41) is 4.44. The number of H-pyrrole nitrogens is 1. The van der Waals surface area contributed by atoms with Crippen molar-refractivity contribution in [3.05, 3.63) is 70.3 Å². The van der Waals surface area contributed by atoms with Crippen LogP contribution in [0.2, 0.25) is 0 Å². The quantitative estimate of drug-likeness (QED) is 0.540. The first kappa shape index (κ1) is 19.5. The molecular weight excluding hydrogens is 371 g/mol. The maximum Gasteiger partial charge on any atom is 0.248 e. The monoisotopic (exact) mass is 396 g/mol. The average Bonchev–Trinajstić information content (AvgIpc) is 3.49. The van der Waals surface area contributed by atoms with Gasteiger partial charge in [-0.3, -0.25) is 4.79 Å². The molecule has 29 heavy (non-hydrogen) atoms. The Kier molecular flexibility index (Phi) is 5.81. The highest BCUT2D eigenvalue weighted by molar-refractivity contribution is 5.79. The van der Waals surface area contributed by atoms with Crippen molar-refractivity contribution in [3.63, 3.8) is 0 Å². The second-order valence-electron chi connectivity index (χ2n) is 7.47. The molecule has 3 aromatic rings. The molecule has 4 rings (SSSR count). The third-order valence-corrected chi connectivity index (χ3v) is 5.38. The maximum absolute atomic E-state index is 13.5. The Hall–Kier alpha value is -2.86. The molecule has 1 aliphatic rings. The number of aromatic nitrogens is 1. The fourth-order valence-corrected chi connectivity index (χ4v) is 3.74. The van der Waals surface area contributed by atoms with E-state index >= 15 is 0 Å². The summed E-state index contributed by atoms with van der Waals surface area (Å²) in [6, 6.07) is 13.7. The molecule has 1 fully saturated rings. The summed E-state index contributed by atoms with van der Waals surface area (Å²) >= 11 is 0. The van der Waals surface area contributed by atoms with Gasteiger partial charge in [-0.05, 0) is 79.6 Å². The number of hydrogen-bond acceptors (Lipinski definition) is 4. The van der Waals surface area contributed by atoms with Crippen LogP contribution in [0.1, 0.15) is 24.3 Å². The molecular formula is C23H25FN2O3. The predicted octanol–water partition coefficient (Wildman–Crippen LogP) is 3.84. The molecule has 1 aromatic heterocycles. The zero-order valence-corrected chi connectivity index (χ0v) is 16.4. The average molecular weight is 396 g/mol. The molecule has 6 heteroatoms. The van der Waals surface area contributed by atoms with E-state index < -0.39 is 0 Å². The summed E-state index contributed by atoms with van der Waals surface area (Å²) in [6.45, 7) is 2.36. The van der Waals surface area contributed by atoms with Crippen LogP contribution in [0.5, 0.6) is 11.5 Å². The van der Waals surface area contributed by atoms with Gasteiger partial charge < -0.3 is 19.8 Å². The number of benzene rings is 2. The van der Waals surface area contributed by atoms with Gasteiger partial charge in [0.2, 0.25) is 5.56 Å². The van der Waals surface area contributed by atoms with Crippen LogP contribution in [0.3, 0.4) is 0 Å². The van der Waals surface area contributed by atoms with Gasteiger partial charge >= 0.3 is 0 Å². The third-order valence-electron chi connectivity index (χ3n) is 5.38. The van der Waals surface area contributed by atoms with Gasteiger partial charge in [-0.2, -0.15) is 0 Å². The van der Waals surface area contributed by atoms with Crippen LogP contribution in [0.25, 0.3) is 10.9 Å². The van der Waals surface area contributed by atoms with Gasteiger partial charge in [0.15, 0.2) is 0 Å². The van der Waals surface area contributed by atoms with E-state index in [-0.39, 0.29) is 11.4 Å². The minimum Gasteiger partial charge on any atom is -0.496 e. The van der Waals surface area contributed by atoms with Crippen LogP contribution >= 0.6 is 0 Å². The zero-order chi connectivity index (χ0) is 20.2. The fraction of sp³-hybridized carbons (Fsp3) is 0.348. The van der Waals surface area contributed by atoms with Gasteiger partial charge in [0.25, 0.3) is 0 Å². The van der Waals surface area contributed by atoms with E-state index in [0.29, 0.717) is 18.4 Å². The van der Waals surface area contributed by atoms with Crippen molar-refractivity contribution in [1.29, 1.82) is 0 Å². The number of methoxy groups -OCH3 is 1. The molecule has 0 radical (unpaired) electrons. The van der Waals surface area contributed by atoms with Crippen molar-refractivity contribution in [2.75, 3.05) is 26.8 Å². The van der Waals surface area contributed by atoms with E-state index in [1.807, 2.05) is 18.2 Å². The molecule has 0 unspecified atom stereocenters. The molecule has 2 N–H and O–H groups in total. The van der Waals surface area contributed by atoms with Gasteiger partial charge in [-0.15, -0.1) is 0 Å². The van der Waals surface area contributed by atoms with E-state index in [9.17, 15) is 9.18 Å². The highest BCUT2D eigenvalue weighted by Gasteiger charge is 2.39. The fourth-order valence-electron chi connectivity index (χ4n) is 3.74.